The molecular weight excluding hydrogens is 476 g/mol. The van der Waals surface area contributed by atoms with Gasteiger partial charge in [0.05, 0.1) is 24.8 Å². The summed E-state index contributed by atoms with van der Waals surface area (Å²) in [7, 11) is 3.50. The van der Waals surface area contributed by atoms with Gasteiger partial charge in [-0.2, -0.15) is 0 Å². The number of para-hydroxylation sites is 1. The average Bonchev–Trinajstić information content (AvgIpc) is 3.16. The number of amides is 1. The SMILES string of the molecule is CCN(C)C(=N)/C=C(\Nc1ccccc1)c1cc(O)c2c(c1)C1(CCC1)C(=O)N2Cc1ccc(OC)cc1. The Bertz CT molecular complexity index is 1380. The number of rotatable bonds is 8. The number of hydrogen-bond acceptors (Lipinski definition) is 5. The molecule has 1 aliphatic heterocycles. The topological polar surface area (TPSA) is 88.9 Å². The van der Waals surface area contributed by atoms with Gasteiger partial charge in [0.15, 0.2) is 0 Å². The Kier molecular flexibility index (Phi) is 6.85. The molecule has 196 valence electrons. The third kappa shape index (κ3) is 4.49. The van der Waals surface area contributed by atoms with E-state index in [0.29, 0.717) is 30.3 Å². The van der Waals surface area contributed by atoms with Crippen LogP contribution in [0.15, 0.2) is 72.8 Å². The maximum Gasteiger partial charge on any atom is 0.238 e. The van der Waals surface area contributed by atoms with Crippen LogP contribution in [-0.2, 0) is 16.8 Å². The van der Waals surface area contributed by atoms with Crippen LogP contribution in [0.5, 0.6) is 11.5 Å². The number of carbonyl (C=O) groups excluding carboxylic acids is 1. The minimum absolute atomic E-state index is 0.0435. The Morgan fingerprint density at radius 3 is 2.47 bits per heavy atom. The Hall–Kier alpha value is -4.26. The fourth-order valence-electron chi connectivity index (χ4n) is 5.26. The molecule has 2 aliphatic rings. The van der Waals surface area contributed by atoms with Crippen molar-refractivity contribution >= 4 is 28.8 Å². The van der Waals surface area contributed by atoms with Crippen LogP contribution in [0.25, 0.3) is 5.70 Å². The molecule has 3 N–H and O–H groups in total. The first kappa shape index (κ1) is 25.4. The van der Waals surface area contributed by atoms with E-state index in [9.17, 15) is 9.90 Å². The van der Waals surface area contributed by atoms with E-state index in [0.717, 1.165) is 47.4 Å². The van der Waals surface area contributed by atoms with Gasteiger partial charge in [0.1, 0.15) is 17.3 Å². The van der Waals surface area contributed by atoms with Crippen molar-refractivity contribution in [2.24, 2.45) is 0 Å². The van der Waals surface area contributed by atoms with Gasteiger partial charge in [-0.3, -0.25) is 10.2 Å². The van der Waals surface area contributed by atoms with E-state index in [1.54, 1.807) is 24.2 Å². The molecule has 0 unspecified atom stereocenters. The summed E-state index contributed by atoms with van der Waals surface area (Å²) in [4.78, 5) is 17.4. The molecule has 1 amide bonds. The maximum atomic E-state index is 13.8. The van der Waals surface area contributed by atoms with Crippen molar-refractivity contribution in [2.75, 3.05) is 30.9 Å². The van der Waals surface area contributed by atoms with Crippen LogP contribution in [0.2, 0.25) is 0 Å². The average molecular weight is 511 g/mol. The van der Waals surface area contributed by atoms with Crippen molar-refractivity contribution < 1.29 is 14.6 Å². The third-order valence-electron chi connectivity index (χ3n) is 7.77. The highest BCUT2D eigenvalue weighted by Crippen LogP contribution is 2.57. The zero-order valence-corrected chi connectivity index (χ0v) is 22.1. The molecule has 0 atom stereocenters. The lowest BCUT2D eigenvalue weighted by molar-refractivity contribution is -0.126. The standard InChI is InChI=1S/C31H34N4O3/c1-4-34(2)28(32)19-26(33-23-9-6-5-7-10-23)22-17-25-29(27(36)18-22)35(30(37)31(25)15-8-16-31)20-21-11-13-24(38-3)14-12-21/h5-7,9-14,17-19,32-33,36H,4,8,15-16,20H2,1-3H3/b26-19-,32-28?. The summed E-state index contributed by atoms with van der Waals surface area (Å²) in [6, 6.07) is 21.2. The zero-order valence-electron chi connectivity index (χ0n) is 22.1. The molecule has 0 saturated heterocycles. The minimum atomic E-state index is -0.610. The molecule has 7 nitrogen and oxygen atoms in total. The summed E-state index contributed by atoms with van der Waals surface area (Å²) in [5.74, 6) is 1.22. The van der Waals surface area contributed by atoms with Gasteiger partial charge < -0.3 is 25.0 Å². The van der Waals surface area contributed by atoms with Crippen LogP contribution in [0.4, 0.5) is 11.4 Å². The van der Waals surface area contributed by atoms with Gasteiger partial charge in [0.25, 0.3) is 0 Å². The van der Waals surface area contributed by atoms with Crippen molar-refractivity contribution in [1.29, 1.82) is 5.41 Å². The van der Waals surface area contributed by atoms with Gasteiger partial charge in [-0.1, -0.05) is 36.8 Å². The van der Waals surface area contributed by atoms with Gasteiger partial charge in [0.2, 0.25) is 5.91 Å². The van der Waals surface area contributed by atoms with Crippen LogP contribution in [0.1, 0.15) is 42.9 Å². The first-order chi connectivity index (χ1) is 18.4. The van der Waals surface area contributed by atoms with E-state index in [-0.39, 0.29) is 11.7 Å². The first-order valence-corrected chi connectivity index (χ1v) is 13.0. The molecule has 3 aromatic rings. The molecule has 0 radical (unpaired) electrons. The fraction of sp³-hybridized carbons (Fsp3) is 0.290. The quantitative estimate of drug-likeness (QED) is 0.265. The molecule has 1 spiro atoms. The summed E-state index contributed by atoms with van der Waals surface area (Å²) < 4.78 is 5.27. The van der Waals surface area contributed by atoms with E-state index >= 15 is 0 Å². The number of aromatic hydroxyl groups is 1. The highest BCUT2D eigenvalue weighted by molar-refractivity contribution is 6.10. The number of likely N-dealkylation sites (N-methyl/N-ethyl adjacent to an activating group) is 1. The van der Waals surface area contributed by atoms with Crippen LogP contribution < -0.4 is 15.0 Å². The number of phenolic OH excluding ortho intramolecular Hbond substituents is 1. The lowest BCUT2D eigenvalue weighted by atomic mass is 9.65. The van der Waals surface area contributed by atoms with Gasteiger partial charge >= 0.3 is 0 Å². The Morgan fingerprint density at radius 2 is 1.87 bits per heavy atom. The number of fused-ring (bicyclic) bond motifs is 2. The van der Waals surface area contributed by atoms with Crippen LogP contribution in [0, 0.1) is 5.41 Å². The smallest absolute Gasteiger partial charge is 0.238 e. The van der Waals surface area contributed by atoms with E-state index in [1.807, 2.05) is 79.5 Å². The van der Waals surface area contributed by atoms with Crippen molar-refractivity contribution in [3.63, 3.8) is 0 Å². The predicted octanol–water partition coefficient (Wildman–Crippen LogP) is 5.75. The molecule has 0 aromatic heterocycles. The normalized spacial score (nSPS) is 15.7. The number of anilines is 2. The zero-order chi connectivity index (χ0) is 26.9. The van der Waals surface area contributed by atoms with Crippen LogP contribution >= 0.6 is 0 Å². The molecule has 1 aliphatic carbocycles. The maximum absolute atomic E-state index is 13.8. The number of nitrogens with one attached hydrogen (secondary N) is 2. The largest absolute Gasteiger partial charge is 0.506 e. The van der Waals surface area contributed by atoms with Crippen molar-refractivity contribution in [3.8, 4) is 11.5 Å². The number of phenols is 1. The molecule has 0 bridgehead atoms. The van der Waals surface area contributed by atoms with E-state index in [4.69, 9.17) is 10.1 Å². The Labute approximate surface area is 223 Å². The lowest BCUT2D eigenvalue weighted by Crippen LogP contribution is -2.44. The second-order valence-electron chi connectivity index (χ2n) is 10.0. The Morgan fingerprint density at radius 1 is 1.16 bits per heavy atom. The molecule has 5 rings (SSSR count). The van der Waals surface area contributed by atoms with Gasteiger partial charge in [-0.25, -0.2) is 0 Å². The number of benzene rings is 3. The number of carbonyl (C=O) groups is 1. The third-order valence-corrected chi connectivity index (χ3v) is 7.77. The molecule has 7 heteroatoms. The van der Waals surface area contributed by atoms with Crippen LogP contribution in [-0.4, -0.2) is 42.5 Å². The summed E-state index contributed by atoms with van der Waals surface area (Å²) in [6.07, 6.45) is 4.28. The van der Waals surface area contributed by atoms with Gasteiger partial charge in [-0.15, -0.1) is 0 Å². The Balaban J connectivity index is 1.57. The van der Waals surface area contributed by atoms with Crippen molar-refractivity contribution in [2.45, 2.75) is 38.1 Å². The molecule has 1 heterocycles. The number of amidine groups is 1. The number of nitrogens with zero attached hydrogens (tertiary/aromatic N) is 2. The van der Waals surface area contributed by atoms with E-state index in [1.165, 1.54) is 0 Å². The number of hydrogen-bond donors (Lipinski definition) is 3. The minimum Gasteiger partial charge on any atom is -0.506 e. The molecule has 1 fully saturated rings. The summed E-state index contributed by atoms with van der Waals surface area (Å²) in [5.41, 5.74) is 4.12. The predicted molar refractivity (Wildman–Crippen MR) is 152 cm³/mol. The molecular formula is C31H34N4O3. The van der Waals surface area contributed by atoms with Crippen molar-refractivity contribution in [3.05, 3.63) is 89.5 Å². The molecule has 38 heavy (non-hydrogen) atoms. The molecule has 3 aromatic carbocycles. The van der Waals surface area contributed by atoms with E-state index in [2.05, 4.69) is 5.32 Å². The number of methoxy groups -OCH3 is 1. The van der Waals surface area contributed by atoms with Crippen LogP contribution in [0.3, 0.4) is 0 Å². The second kappa shape index (κ2) is 10.2. The summed E-state index contributed by atoms with van der Waals surface area (Å²) in [5, 5.41) is 23.4. The first-order valence-electron chi connectivity index (χ1n) is 13.0. The number of ether oxygens (including phenoxy) is 1. The van der Waals surface area contributed by atoms with E-state index < -0.39 is 5.41 Å². The van der Waals surface area contributed by atoms with Gasteiger partial charge in [0, 0.05) is 36.6 Å². The van der Waals surface area contributed by atoms with Gasteiger partial charge in [-0.05, 0) is 67.3 Å². The highest BCUT2D eigenvalue weighted by atomic mass is 16.5. The summed E-state index contributed by atoms with van der Waals surface area (Å²) >= 11 is 0. The molecule has 1 saturated carbocycles. The fourth-order valence-corrected chi connectivity index (χ4v) is 5.26. The summed E-state index contributed by atoms with van der Waals surface area (Å²) in [6.45, 7) is 3.07. The highest BCUT2D eigenvalue weighted by Gasteiger charge is 2.55. The van der Waals surface area contributed by atoms with Crippen molar-refractivity contribution in [1.82, 2.24) is 4.90 Å². The monoisotopic (exact) mass is 510 g/mol. The second-order valence-corrected chi connectivity index (χ2v) is 10.0. The lowest BCUT2D eigenvalue weighted by Gasteiger charge is -2.37.